The van der Waals surface area contributed by atoms with E-state index in [0.29, 0.717) is 23.0 Å². The van der Waals surface area contributed by atoms with Gasteiger partial charge in [0.25, 0.3) is 0 Å². The zero-order chi connectivity index (χ0) is 54.8. The largest absolute Gasteiger partial charge is 1.00 e. The number of nitrogens with zero attached hydrogens (tertiary/aromatic N) is 4. The van der Waals surface area contributed by atoms with Crippen LogP contribution in [0.4, 0.5) is 23.3 Å². The molecular formula is C62H40N6Na2O10S2. The van der Waals surface area contributed by atoms with Gasteiger partial charge in [-0.1, -0.05) is 170 Å². The van der Waals surface area contributed by atoms with E-state index in [9.17, 15) is 25.9 Å². The van der Waals surface area contributed by atoms with E-state index >= 15 is 0 Å². The van der Waals surface area contributed by atoms with Crippen molar-refractivity contribution in [1.82, 2.24) is 19.9 Å². The number of rotatable bonds is 16. The van der Waals surface area contributed by atoms with Gasteiger partial charge in [-0.3, -0.25) is 0 Å². The number of aromatic nitrogens is 4. The van der Waals surface area contributed by atoms with Crippen molar-refractivity contribution >= 4 is 98.7 Å². The Morgan fingerprint density at radius 2 is 0.610 bits per heavy atom. The van der Waals surface area contributed by atoms with Crippen LogP contribution in [0.25, 0.3) is 55.2 Å². The van der Waals surface area contributed by atoms with E-state index in [1.165, 1.54) is 48.6 Å². The second-order valence-corrected chi connectivity index (χ2v) is 20.7. The minimum absolute atomic E-state index is 0. The first-order chi connectivity index (χ1) is 38.8. The third-order valence-electron chi connectivity index (χ3n) is 12.7. The Bertz CT molecular complexity index is 4160. The van der Waals surface area contributed by atoms with Crippen LogP contribution in [-0.2, 0) is 20.2 Å². The van der Waals surface area contributed by atoms with Crippen LogP contribution in [0, 0.1) is 0 Å². The third kappa shape index (κ3) is 12.9. The minimum atomic E-state index is -5.20. The summed E-state index contributed by atoms with van der Waals surface area (Å²) in [4.78, 5) is 16.9. The molecule has 2 aromatic heterocycles. The predicted molar refractivity (Wildman–Crippen MR) is 304 cm³/mol. The van der Waals surface area contributed by atoms with Crippen LogP contribution in [0.1, 0.15) is 11.1 Å². The Kier molecular flexibility index (Phi) is 17.0. The molecule has 10 aromatic carbocycles. The molecule has 0 fully saturated rings. The van der Waals surface area contributed by atoms with Gasteiger partial charge in [0, 0.05) is 32.9 Å². The predicted octanol–water partition coefficient (Wildman–Crippen LogP) is 8.52. The number of benzene rings is 10. The van der Waals surface area contributed by atoms with Crippen LogP contribution in [0.5, 0.6) is 46.5 Å². The molecule has 12 aromatic rings. The maximum absolute atomic E-state index is 12.9. The topological polar surface area (TPSA) is 227 Å². The van der Waals surface area contributed by atoms with E-state index < -0.39 is 30.0 Å². The van der Waals surface area contributed by atoms with Crippen LogP contribution in [0.2, 0.25) is 0 Å². The normalized spacial score (nSPS) is 11.5. The fourth-order valence-corrected chi connectivity index (χ4v) is 10.5. The molecule has 2 heterocycles. The molecule has 0 aliphatic heterocycles. The van der Waals surface area contributed by atoms with Crippen molar-refractivity contribution in [2.24, 2.45) is 0 Å². The third-order valence-corrected chi connectivity index (χ3v) is 14.5. The first-order valence-electron chi connectivity index (χ1n) is 24.7. The summed E-state index contributed by atoms with van der Waals surface area (Å²) < 4.78 is 103. The van der Waals surface area contributed by atoms with E-state index in [2.05, 4.69) is 30.6 Å². The van der Waals surface area contributed by atoms with E-state index in [-0.39, 0.29) is 117 Å². The molecule has 0 aliphatic carbocycles. The van der Waals surface area contributed by atoms with Gasteiger partial charge in [-0.05, 0) is 81.2 Å². The first kappa shape index (κ1) is 57.0. The van der Waals surface area contributed by atoms with Crippen molar-refractivity contribution in [1.29, 1.82) is 0 Å². The van der Waals surface area contributed by atoms with Crippen molar-refractivity contribution in [3.8, 4) is 46.5 Å². The molecule has 0 spiro atoms. The summed E-state index contributed by atoms with van der Waals surface area (Å²) in [6.45, 7) is 0. The van der Waals surface area contributed by atoms with Crippen molar-refractivity contribution in [3.63, 3.8) is 0 Å². The minimum Gasteiger partial charge on any atom is -0.744 e. The zero-order valence-corrected chi connectivity index (χ0v) is 49.3. The Morgan fingerprint density at radius 1 is 0.341 bits per heavy atom. The van der Waals surface area contributed by atoms with Gasteiger partial charge in [0.1, 0.15) is 43.2 Å². The quantitative estimate of drug-likeness (QED) is 0.0525. The number of anilines is 4. The molecular weight excluding hydrogens is 1100 g/mol. The maximum Gasteiger partial charge on any atom is 1.00 e. The molecule has 16 nitrogen and oxygen atoms in total. The summed E-state index contributed by atoms with van der Waals surface area (Å²) in [6.07, 6.45) is 2.43. The van der Waals surface area contributed by atoms with Crippen LogP contribution in [0.3, 0.4) is 0 Å². The number of nitrogens with one attached hydrogen (secondary N) is 2. The summed E-state index contributed by atoms with van der Waals surface area (Å²) in [5, 5.41) is 13.0. The average molecular weight is 1140 g/mol. The number of ether oxygens (including phenoxy) is 4. The summed E-state index contributed by atoms with van der Waals surface area (Å²) in [5.74, 6) is 2.18. The van der Waals surface area contributed by atoms with Gasteiger partial charge < -0.3 is 38.7 Å². The zero-order valence-electron chi connectivity index (χ0n) is 43.6. The van der Waals surface area contributed by atoms with E-state index in [1.807, 2.05) is 146 Å². The molecule has 20 heteroatoms. The van der Waals surface area contributed by atoms with Crippen molar-refractivity contribution < 1.29 is 104 Å². The molecule has 0 amide bonds. The number of hydrogen-bond donors (Lipinski definition) is 2. The summed E-state index contributed by atoms with van der Waals surface area (Å²) in [5.41, 5.74) is -0.0578. The van der Waals surface area contributed by atoms with Crippen molar-refractivity contribution in [2.75, 3.05) is 10.6 Å². The first-order valence-corrected chi connectivity index (χ1v) is 27.5. The van der Waals surface area contributed by atoms with Gasteiger partial charge >= 0.3 is 59.1 Å². The van der Waals surface area contributed by atoms with Gasteiger partial charge in [0.15, 0.2) is 0 Å². The Morgan fingerprint density at radius 3 is 0.890 bits per heavy atom. The van der Waals surface area contributed by atoms with Gasteiger partial charge in [-0.25, -0.2) is 16.8 Å². The fraction of sp³-hybridized carbons (Fsp3) is 0. The van der Waals surface area contributed by atoms with Crippen LogP contribution < -0.4 is 88.7 Å². The molecule has 82 heavy (non-hydrogen) atoms. The summed E-state index contributed by atoms with van der Waals surface area (Å²) >= 11 is 0. The molecule has 0 unspecified atom stereocenters. The monoisotopic (exact) mass is 1140 g/mol. The fourth-order valence-electron chi connectivity index (χ4n) is 9.09. The smallest absolute Gasteiger partial charge is 0.744 e. The second kappa shape index (κ2) is 24.5. The van der Waals surface area contributed by atoms with Crippen molar-refractivity contribution in [3.05, 3.63) is 230 Å². The standard InChI is InChI=1S/C62H42N6O10S2.2Na/c69-79(70,71)55-35-45(63-61-65-57(75-51-25-9-17-39-13-1-5-21-47(39)51)37-58(66-61)76-52-26-10-18-40-14-2-6-22-48(40)52)33-31-43(55)29-30-44-32-34-46(36-56(44)80(72,73)74)64-62-67-59(77-53-27-11-19-41-15-3-7-23-49(41)53)38-60(68-62)78-54-28-12-20-42-16-4-8-24-50(42)54;;/h1-38H,(H,63,65,66)(H,64,67,68)(H,69,70,71)(H,72,73,74);;/q;2*+1/p-2. The molecule has 12 rings (SSSR count). The molecule has 392 valence electrons. The van der Waals surface area contributed by atoms with Gasteiger partial charge in [0.2, 0.25) is 35.4 Å². The van der Waals surface area contributed by atoms with Crippen LogP contribution in [-0.4, -0.2) is 45.9 Å². The maximum atomic E-state index is 12.9. The Balaban J connectivity index is 0.00000376. The second-order valence-electron chi connectivity index (χ2n) is 18.1. The van der Waals surface area contributed by atoms with E-state index in [4.69, 9.17) is 18.9 Å². The molecule has 0 radical (unpaired) electrons. The van der Waals surface area contributed by atoms with Crippen LogP contribution in [0.15, 0.2) is 228 Å². The molecule has 0 saturated heterocycles. The van der Waals surface area contributed by atoms with Crippen molar-refractivity contribution in [2.45, 2.75) is 9.79 Å². The van der Waals surface area contributed by atoms with E-state index in [0.717, 1.165) is 55.2 Å². The Hall–Kier alpha value is -8.24. The molecule has 0 bridgehead atoms. The van der Waals surface area contributed by atoms with Gasteiger partial charge in [0.05, 0.1) is 21.9 Å². The number of fused-ring (bicyclic) bond motifs is 4. The molecule has 0 atom stereocenters. The SMILES string of the molecule is O=S(=O)([O-])c1cc(Nc2nc(Oc3cccc4ccccc34)cc(Oc3cccc4ccccc34)n2)ccc1C=Cc1ccc(Nc2nc(Oc3cccc4ccccc34)cc(Oc3cccc4ccccc34)n2)cc1S(=O)(=O)[O-].[Na+].[Na+]. The number of hydrogen-bond acceptors (Lipinski definition) is 16. The van der Waals surface area contributed by atoms with Gasteiger partial charge in [-0.2, -0.15) is 19.9 Å². The van der Waals surface area contributed by atoms with E-state index in [1.54, 1.807) is 24.3 Å². The summed E-state index contributed by atoms with van der Waals surface area (Å²) in [6, 6.07) is 63.8. The van der Waals surface area contributed by atoms with Crippen LogP contribution >= 0.6 is 0 Å². The summed E-state index contributed by atoms with van der Waals surface area (Å²) in [7, 11) is -10.4. The molecule has 0 aliphatic rings. The average Bonchev–Trinajstić information content (AvgIpc) is 3.48. The molecule has 0 saturated carbocycles. The molecule has 2 N–H and O–H groups in total. The Labute approximate surface area is 514 Å². The van der Waals surface area contributed by atoms with Gasteiger partial charge in [-0.15, -0.1) is 0 Å².